The molecule has 1 rings (SSSR count). The second-order valence-corrected chi connectivity index (χ2v) is 3.42. The standard InChI is InChI=1S/C9H20N2O/c1-3-4-11-9-7-12-6-8(9)5-10-2/h8-11H,3-7H2,1-2H3. The van der Waals surface area contributed by atoms with Crippen LogP contribution in [0.25, 0.3) is 0 Å². The van der Waals surface area contributed by atoms with Crippen LogP contribution in [0.2, 0.25) is 0 Å². The highest BCUT2D eigenvalue weighted by molar-refractivity contribution is 4.82. The smallest absolute Gasteiger partial charge is 0.0623 e. The van der Waals surface area contributed by atoms with Gasteiger partial charge in [-0.1, -0.05) is 6.92 Å². The Labute approximate surface area is 74.9 Å². The van der Waals surface area contributed by atoms with Crippen LogP contribution >= 0.6 is 0 Å². The average molecular weight is 172 g/mol. The monoisotopic (exact) mass is 172 g/mol. The fourth-order valence-corrected chi connectivity index (χ4v) is 1.62. The van der Waals surface area contributed by atoms with Crippen molar-refractivity contribution in [3.05, 3.63) is 0 Å². The van der Waals surface area contributed by atoms with Crippen LogP contribution in [-0.4, -0.2) is 39.4 Å². The van der Waals surface area contributed by atoms with Crippen molar-refractivity contribution in [1.29, 1.82) is 0 Å². The Morgan fingerprint density at radius 1 is 1.42 bits per heavy atom. The van der Waals surface area contributed by atoms with E-state index in [4.69, 9.17) is 4.74 Å². The SMILES string of the molecule is CCCNC1COCC1CNC. The number of hydrogen-bond donors (Lipinski definition) is 2. The molecule has 1 saturated heterocycles. The number of hydrogen-bond acceptors (Lipinski definition) is 3. The van der Waals surface area contributed by atoms with E-state index >= 15 is 0 Å². The summed E-state index contributed by atoms with van der Waals surface area (Å²) in [5.41, 5.74) is 0. The Hall–Kier alpha value is -0.120. The van der Waals surface area contributed by atoms with Gasteiger partial charge in [0, 0.05) is 18.5 Å². The number of rotatable bonds is 5. The van der Waals surface area contributed by atoms with Crippen molar-refractivity contribution in [2.45, 2.75) is 19.4 Å². The highest BCUT2D eigenvalue weighted by Gasteiger charge is 2.26. The van der Waals surface area contributed by atoms with Crippen molar-refractivity contribution >= 4 is 0 Å². The van der Waals surface area contributed by atoms with Gasteiger partial charge in [0.1, 0.15) is 0 Å². The molecule has 2 N–H and O–H groups in total. The normalized spacial score (nSPS) is 29.5. The zero-order valence-corrected chi connectivity index (χ0v) is 8.10. The van der Waals surface area contributed by atoms with Gasteiger partial charge in [-0.15, -0.1) is 0 Å². The highest BCUT2D eigenvalue weighted by atomic mass is 16.5. The fraction of sp³-hybridized carbons (Fsp3) is 1.00. The number of ether oxygens (including phenoxy) is 1. The van der Waals surface area contributed by atoms with E-state index in [0.29, 0.717) is 12.0 Å². The highest BCUT2D eigenvalue weighted by Crippen LogP contribution is 2.12. The third kappa shape index (κ3) is 2.73. The number of nitrogens with one attached hydrogen (secondary N) is 2. The van der Waals surface area contributed by atoms with E-state index in [1.807, 2.05) is 7.05 Å². The van der Waals surface area contributed by atoms with Crippen LogP contribution < -0.4 is 10.6 Å². The molecular formula is C9H20N2O. The Balaban J connectivity index is 2.20. The molecular weight excluding hydrogens is 152 g/mol. The summed E-state index contributed by atoms with van der Waals surface area (Å²) in [6.07, 6.45) is 1.20. The minimum Gasteiger partial charge on any atom is -0.379 e. The molecule has 72 valence electrons. The van der Waals surface area contributed by atoms with E-state index in [9.17, 15) is 0 Å². The Morgan fingerprint density at radius 3 is 2.92 bits per heavy atom. The summed E-state index contributed by atoms with van der Waals surface area (Å²) in [6.45, 7) is 6.14. The minimum absolute atomic E-state index is 0.567. The maximum absolute atomic E-state index is 5.42. The van der Waals surface area contributed by atoms with Crippen molar-refractivity contribution < 1.29 is 4.74 Å². The maximum atomic E-state index is 5.42. The molecule has 3 heteroatoms. The molecule has 1 aliphatic rings. The Kier molecular flexibility index (Phi) is 4.58. The summed E-state index contributed by atoms with van der Waals surface area (Å²) < 4.78 is 5.42. The molecule has 0 aliphatic carbocycles. The molecule has 0 aromatic carbocycles. The largest absolute Gasteiger partial charge is 0.379 e. The van der Waals surface area contributed by atoms with Gasteiger partial charge < -0.3 is 15.4 Å². The average Bonchev–Trinajstić information content (AvgIpc) is 2.50. The quantitative estimate of drug-likeness (QED) is 0.622. The maximum Gasteiger partial charge on any atom is 0.0623 e. The van der Waals surface area contributed by atoms with Crippen LogP contribution in [0.1, 0.15) is 13.3 Å². The van der Waals surface area contributed by atoms with Gasteiger partial charge in [0.2, 0.25) is 0 Å². The minimum atomic E-state index is 0.567. The van der Waals surface area contributed by atoms with Gasteiger partial charge in [0.25, 0.3) is 0 Å². The van der Waals surface area contributed by atoms with Crippen LogP contribution in [0.3, 0.4) is 0 Å². The lowest BCUT2D eigenvalue weighted by atomic mass is 10.0. The molecule has 0 radical (unpaired) electrons. The third-order valence-corrected chi connectivity index (χ3v) is 2.32. The van der Waals surface area contributed by atoms with Crippen molar-refractivity contribution in [2.75, 3.05) is 33.4 Å². The van der Waals surface area contributed by atoms with E-state index in [1.165, 1.54) is 6.42 Å². The van der Waals surface area contributed by atoms with Crippen molar-refractivity contribution in [1.82, 2.24) is 10.6 Å². The third-order valence-electron chi connectivity index (χ3n) is 2.32. The Bertz CT molecular complexity index is 119. The first-order valence-electron chi connectivity index (χ1n) is 4.84. The van der Waals surface area contributed by atoms with E-state index in [-0.39, 0.29) is 0 Å². The van der Waals surface area contributed by atoms with Crippen molar-refractivity contribution in [2.24, 2.45) is 5.92 Å². The molecule has 12 heavy (non-hydrogen) atoms. The summed E-state index contributed by atoms with van der Waals surface area (Å²) >= 11 is 0. The van der Waals surface area contributed by atoms with Crippen LogP contribution in [0.5, 0.6) is 0 Å². The first-order valence-corrected chi connectivity index (χ1v) is 4.84. The summed E-state index contributed by atoms with van der Waals surface area (Å²) in [6, 6.07) is 0.567. The molecule has 0 saturated carbocycles. The van der Waals surface area contributed by atoms with Gasteiger partial charge in [-0.25, -0.2) is 0 Å². The second kappa shape index (κ2) is 5.51. The molecule has 3 nitrogen and oxygen atoms in total. The molecule has 0 aromatic heterocycles. The lowest BCUT2D eigenvalue weighted by Crippen LogP contribution is -2.39. The summed E-state index contributed by atoms with van der Waals surface area (Å²) in [4.78, 5) is 0. The van der Waals surface area contributed by atoms with Crippen LogP contribution in [0, 0.1) is 5.92 Å². The summed E-state index contributed by atoms with van der Waals surface area (Å²) in [5, 5.41) is 6.70. The summed E-state index contributed by atoms with van der Waals surface area (Å²) in [7, 11) is 2.00. The molecule has 2 unspecified atom stereocenters. The molecule has 1 heterocycles. The molecule has 0 aromatic rings. The molecule has 0 amide bonds. The van der Waals surface area contributed by atoms with Gasteiger partial charge in [0.05, 0.1) is 13.2 Å². The van der Waals surface area contributed by atoms with E-state index < -0.39 is 0 Å². The predicted molar refractivity (Wildman–Crippen MR) is 50.3 cm³/mol. The van der Waals surface area contributed by atoms with E-state index in [2.05, 4.69) is 17.6 Å². The van der Waals surface area contributed by atoms with Gasteiger partial charge >= 0.3 is 0 Å². The predicted octanol–water partition coefficient (Wildman–Crippen LogP) is 0.220. The molecule has 0 bridgehead atoms. The van der Waals surface area contributed by atoms with Gasteiger partial charge in [-0.05, 0) is 20.0 Å². The second-order valence-electron chi connectivity index (χ2n) is 3.42. The van der Waals surface area contributed by atoms with Crippen LogP contribution in [0.15, 0.2) is 0 Å². The lowest BCUT2D eigenvalue weighted by molar-refractivity contribution is 0.182. The van der Waals surface area contributed by atoms with Gasteiger partial charge in [0.15, 0.2) is 0 Å². The molecule has 2 atom stereocenters. The zero-order chi connectivity index (χ0) is 8.81. The molecule has 1 aliphatic heterocycles. The summed E-state index contributed by atoms with van der Waals surface area (Å²) in [5.74, 6) is 0.654. The first kappa shape index (κ1) is 9.96. The van der Waals surface area contributed by atoms with E-state index in [1.54, 1.807) is 0 Å². The van der Waals surface area contributed by atoms with Gasteiger partial charge in [-0.2, -0.15) is 0 Å². The van der Waals surface area contributed by atoms with Crippen molar-refractivity contribution in [3.8, 4) is 0 Å². The zero-order valence-electron chi connectivity index (χ0n) is 8.10. The van der Waals surface area contributed by atoms with E-state index in [0.717, 1.165) is 26.3 Å². The molecule has 1 fully saturated rings. The topological polar surface area (TPSA) is 33.3 Å². The van der Waals surface area contributed by atoms with Crippen LogP contribution in [0.4, 0.5) is 0 Å². The van der Waals surface area contributed by atoms with Gasteiger partial charge in [-0.3, -0.25) is 0 Å². The Morgan fingerprint density at radius 2 is 2.25 bits per heavy atom. The lowest BCUT2D eigenvalue weighted by Gasteiger charge is -2.17. The molecule has 0 spiro atoms. The fourth-order valence-electron chi connectivity index (χ4n) is 1.62. The van der Waals surface area contributed by atoms with Crippen molar-refractivity contribution in [3.63, 3.8) is 0 Å². The first-order chi connectivity index (χ1) is 5.88. The van der Waals surface area contributed by atoms with Crippen LogP contribution in [-0.2, 0) is 4.74 Å².